The molecule has 110 valence electrons. The zero-order chi connectivity index (χ0) is 15.2. The molecule has 1 aromatic heterocycles. The largest absolute Gasteiger partial charge is 0.464 e. The van der Waals surface area contributed by atoms with Crippen LogP contribution in [0.5, 0.6) is 6.01 Å². The average Bonchev–Trinajstić information content (AvgIpc) is 2.44. The van der Waals surface area contributed by atoms with Crippen molar-refractivity contribution in [3.63, 3.8) is 0 Å². The van der Waals surface area contributed by atoms with Gasteiger partial charge in [0.15, 0.2) is 0 Å². The van der Waals surface area contributed by atoms with Crippen molar-refractivity contribution in [3.05, 3.63) is 42.2 Å². The number of urea groups is 1. The molecular formula is C13H12F2N4O2. The predicted molar refractivity (Wildman–Crippen MR) is 72.2 cm³/mol. The fourth-order valence-electron chi connectivity index (χ4n) is 1.46. The lowest BCUT2D eigenvalue weighted by Crippen LogP contribution is -2.20. The molecule has 0 fully saturated rings. The van der Waals surface area contributed by atoms with Gasteiger partial charge in [0.25, 0.3) is 0 Å². The summed E-state index contributed by atoms with van der Waals surface area (Å²) in [5, 5.41) is 4.66. The van der Waals surface area contributed by atoms with Crippen LogP contribution in [0.3, 0.4) is 0 Å². The van der Waals surface area contributed by atoms with Crippen LogP contribution in [0.4, 0.5) is 25.0 Å². The van der Waals surface area contributed by atoms with Gasteiger partial charge >= 0.3 is 12.0 Å². The number of hydrogen-bond acceptors (Lipinski definition) is 4. The lowest BCUT2D eigenvalue weighted by Gasteiger charge is -2.08. The van der Waals surface area contributed by atoms with Gasteiger partial charge in [-0.05, 0) is 19.1 Å². The number of benzene rings is 1. The van der Waals surface area contributed by atoms with Gasteiger partial charge in [-0.25, -0.2) is 23.5 Å². The number of rotatable bonds is 4. The summed E-state index contributed by atoms with van der Waals surface area (Å²) in [4.78, 5) is 19.4. The first-order valence-electron chi connectivity index (χ1n) is 6.06. The second kappa shape index (κ2) is 6.60. The highest BCUT2D eigenvalue weighted by molar-refractivity contribution is 5.99. The van der Waals surface area contributed by atoms with Crippen LogP contribution in [0.1, 0.15) is 6.92 Å². The maximum atomic E-state index is 13.4. The second-order valence-electron chi connectivity index (χ2n) is 3.89. The Morgan fingerprint density at radius 1 is 1.24 bits per heavy atom. The molecule has 0 radical (unpaired) electrons. The van der Waals surface area contributed by atoms with Crippen LogP contribution < -0.4 is 15.4 Å². The van der Waals surface area contributed by atoms with E-state index in [9.17, 15) is 13.6 Å². The summed E-state index contributed by atoms with van der Waals surface area (Å²) in [6.45, 7) is 2.22. The number of carbonyl (C=O) groups excluding carboxylic acids is 1. The van der Waals surface area contributed by atoms with Crippen LogP contribution in [-0.2, 0) is 0 Å². The molecule has 0 saturated carbocycles. The molecule has 21 heavy (non-hydrogen) atoms. The van der Waals surface area contributed by atoms with Crippen LogP contribution in [0, 0.1) is 11.6 Å². The van der Waals surface area contributed by atoms with Crippen molar-refractivity contribution in [1.82, 2.24) is 9.97 Å². The number of carbonyl (C=O) groups is 1. The Kier molecular flexibility index (Phi) is 4.60. The number of anilines is 2. The van der Waals surface area contributed by atoms with E-state index in [0.29, 0.717) is 18.4 Å². The van der Waals surface area contributed by atoms with Gasteiger partial charge in [-0.2, -0.15) is 0 Å². The molecule has 2 N–H and O–H groups in total. The Hall–Kier alpha value is -2.77. The molecule has 6 nitrogen and oxygen atoms in total. The van der Waals surface area contributed by atoms with Crippen molar-refractivity contribution in [3.8, 4) is 6.01 Å². The topological polar surface area (TPSA) is 76.1 Å². The minimum atomic E-state index is -0.868. The summed E-state index contributed by atoms with van der Waals surface area (Å²) in [6, 6.07) is 2.33. The van der Waals surface area contributed by atoms with Gasteiger partial charge in [-0.15, -0.1) is 0 Å². The number of halogens is 2. The molecule has 0 aliphatic heterocycles. The summed E-state index contributed by atoms with van der Waals surface area (Å²) in [7, 11) is 0. The van der Waals surface area contributed by atoms with Gasteiger partial charge in [-0.3, -0.25) is 0 Å². The van der Waals surface area contributed by atoms with Gasteiger partial charge in [-0.1, -0.05) is 0 Å². The quantitative estimate of drug-likeness (QED) is 0.909. The minimum absolute atomic E-state index is 0.138. The lowest BCUT2D eigenvalue weighted by atomic mass is 10.3. The third-order valence-electron chi connectivity index (χ3n) is 2.34. The van der Waals surface area contributed by atoms with Gasteiger partial charge in [0.05, 0.1) is 30.4 Å². The number of nitrogens with one attached hydrogen (secondary N) is 2. The monoisotopic (exact) mass is 294 g/mol. The summed E-state index contributed by atoms with van der Waals surface area (Å²) in [6.07, 6.45) is 2.69. The van der Waals surface area contributed by atoms with E-state index in [1.807, 2.05) is 0 Å². The highest BCUT2D eigenvalue weighted by atomic mass is 19.1. The molecule has 2 amide bonds. The van der Waals surface area contributed by atoms with E-state index in [-0.39, 0.29) is 11.7 Å². The van der Waals surface area contributed by atoms with Crippen LogP contribution in [-0.4, -0.2) is 22.6 Å². The van der Waals surface area contributed by atoms with Crippen LogP contribution in [0.25, 0.3) is 0 Å². The van der Waals surface area contributed by atoms with Gasteiger partial charge in [0.1, 0.15) is 11.6 Å². The third kappa shape index (κ3) is 4.10. The predicted octanol–water partition coefficient (Wildman–Crippen LogP) is 2.80. The van der Waals surface area contributed by atoms with Crippen molar-refractivity contribution in [1.29, 1.82) is 0 Å². The zero-order valence-electron chi connectivity index (χ0n) is 11.1. The first-order chi connectivity index (χ1) is 10.1. The van der Waals surface area contributed by atoms with Crippen molar-refractivity contribution >= 4 is 17.4 Å². The Bertz CT molecular complexity index is 635. The van der Waals surface area contributed by atoms with E-state index in [1.54, 1.807) is 6.92 Å². The van der Waals surface area contributed by atoms with E-state index in [2.05, 4.69) is 20.6 Å². The third-order valence-corrected chi connectivity index (χ3v) is 2.34. The highest BCUT2D eigenvalue weighted by Gasteiger charge is 2.08. The zero-order valence-corrected chi connectivity index (χ0v) is 11.1. The Labute approximate surface area is 119 Å². The molecule has 0 aliphatic carbocycles. The second-order valence-corrected chi connectivity index (χ2v) is 3.89. The maximum absolute atomic E-state index is 13.4. The van der Waals surface area contributed by atoms with Gasteiger partial charge < -0.3 is 15.4 Å². The van der Waals surface area contributed by atoms with Crippen molar-refractivity contribution < 1.29 is 18.3 Å². The SMILES string of the molecule is CCOc1ncc(NC(=O)Nc2ccc(F)cc2F)cn1. The lowest BCUT2D eigenvalue weighted by molar-refractivity contribution is 0.262. The molecule has 0 aliphatic rings. The summed E-state index contributed by atoms with van der Waals surface area (Å²) in [5.74, 6) is -1.59. The molecule has 1 aromatic carbocycles. The Morgan fingerprint density at radius 3 is 2.57 bits per heavy atom. The molecule has 2 rings (SSSR count). The average molecular weight is 294 g/mol. The number of ether oxygens (including phenoxy) is 1. The number of nitrogens with zero attached hydrogens (tertiary/aromatic N) is 2. The van der Waals surface area contributed by atoms with Gasteiger partial charge in [0, 0.05) is 6.07 Å². The number of hydrogen-bond donors (Lipinski definition) is 2. The number of aromatic nitrogens is 2. The van der Waals surface area contributed by atoms with E-state index in [1.165, 1.54) is 12.4 Å². The van der Waals surface area contributed by atoms with Gasteiger partial charge in [0.2, 0.25) is 0 Å². The van der Waals surface area contributed by atoms with Crippen molar-refractivity contribution in [2.75, 3.05) is 17.2 Å². The van der Waals surface area contributed by atoms with Crippen LogP contribution >= 0.6 is 0 Å². The normalized spacial score (nSPS) is 10.0. The maximum Gasteiger partial charge on any atom is 0.323 e. The summed E-state index contributed by atoms with van der Waals surface area (Å²) in [5.41, 5.74) is 0.166. The Balaban J connectivity index is 1.98. The van der Waals surface area contributed by atoms with Crippen LogP contribution in [0.2, 0.25) is 0 Å². The molecule has 0 spiro atoms. The molecular weight excluding hydrogens is 282 g/mol. The molecule has 0 bridgehead atoms. The molecule has 8 heteroatoms. The fraction of sp³-hybridized carbons (Fsp3) is 0.154. The van der Waals surface area contributed by atoms with Crippen molar-refractivity contribution in [2.24, 2.45) is 0 Å². The summed E-state index contributed by atoms with van der Waals surface area (Å²) < 4.78 is 31.2. The summed E-state index contributed by atoms with van der Waals surface area (Å²) >= 11 is 0. The Morgan fingerprint density at radius 2 is 1.95 bits per heavy atom. The molecule has 0 unspecified atom stereocenters. The molecule has 0 atom stereocenters. The van der Waals surface area contributed by atoms with E-state index in [0.717, 1.165) is 12.1 Å². The minimum Gasteiger partial charge on any atom is -0.464 e. The van der Waals surface area contributed by atoms with E-state index in [4.69, 9.17) is 4.74 Å². The molecule has 2 aromatic rings. The van der Waals surface area contributed by atoms with Crippen molar-refractivity contribution in [2.45, 2.75) is 6.92 Å². The number of amides is 2. The van der Waals surface area contributed by atoms with E-state index < -0.39 is 17.7 Å². The standard InChI is InChI=1S/C13H12F2N4O2/c1-2-21-13-16-6-9(7-17-13)18-12(20)19-11-4-3-8(14)5-10(11)15/h3-7H,2H2,1H3,(H2,18,19,20). The molecule has 1 heterocycles. The molecule has 0 saturated heterocycles. The smallest absolute Gasteiger partial charge is 0.323 e. The first kappa shape index (κ1) is 14.6. The van der Waals surface area contributed by atoms with Crippen LogP contribution in [0.15, 0.2) is 30.6 Å². The van der Waals surface area contributed by atoms with E-state index >= 15 is 0 Å². The first-order valence-corrected chi connectivity index (χ1v) is 6.06. The fourth-order valence-corrected chi connectivity index (χ4v) is 1.46. The highest BCUT2D eigenvalue weighted by Crippen LogP contribution is 2.15.